The fourth-order valence-electron chi connectivity index (χ4n) is 3.89. The second-order valence-corrected chi connectivity index (χ2v) is 8.65. The van der Waals surface area contributed by atoms with Crippen LogP contribution in [0.3, 0.4) is 0 Å². The van der Waals surface area contributed by atoms with Gasteiger partial charge in [0.1, 0.15) is 12.4 Å². The third-order valence-corrected chi connectivity index (χ3v) is 5.85. The molecule has 0 spiro atoms. The highest BCUT2D eigenvalue weighted by Gasteiger charge is 2.28. The van der Waals surface area contributed by atoms with E-state index in [0.29, 0.717) is 40.3 Å². The number of aromatic nitrogens is 3. The monoisotopic (exact) mass is 473 g/mol. The standard InChI is InChI=1S/C23H26F3N7O/c1-11(27)18(7-13-3-4-13)30-23-17(24)9-16(21(28)34)22(31-23)29-14-5-6-15-12(2)32-33(10-20(25)26)19(15)8-14/h5-6,8-9,13,18,20,27H,3-4,7,10H2,1-2H3,(H2,28,34)(H2,29,30,31)/t18-/m1/s1. The summed E-state index contributed by atoms with van der Waals surface area (Å²) in [6.07, 6.45) is 0.285. The molecule has 1 saturated carbocycles. The Kier molecular flexibility index (Phi) is 6.45. The van der Waals surface area contributed by atoms with Crippen molar-refractivity contribution in [1.82, 2.24) is 14.8 Å². The molecule has 2 heterocycles. The van der Waals surface area contributed by atoms with Crippen molar-refractivity contribution < 1.29 is 18.0 Å². The van der Waals surface area contributed by atoms with Crippen molar-refractivity contribution in [1.29, 1.82) is 5.41 Å². The van der Waals surface area contributed by atoms with Crippen LogP contribution in [0.5, 0.6) is 0 Å². The number of fused-ring (bicyclic) bond motifs is 1. The third kappa shape index (κ3) is 5.13. The maximum atomic E-state index is 14.8. The Bertz CT molecular complexity index is 1250. The lowest BCUT2D eigenvalue weighted by Crippen LogP contribution is -2.29. The molecule has 8 nitrogen and oxygen atoms in total. The molecule has 4 rings (SSSR count). The molecule has 2 aromatic heterocycles. The SMILES string of the molecule is CC(=N)[C@@H](CC1CC1)Nc1nc(Nc2ccc3c(C)nn(CC(F)F)c3c2)c(C(N)=O)cc1F. The topological polar surface area (TPSA) is 122 Å². The summed E-state index contributed by atoms with van der Waals surface area (Å²) in [5.41, 5.74) is 7.17. The number of rotatable bonds is 10. The van der Waals surface area contributed by atoms with E-state index in [4.69, 9.17) is 11.1 Å². The van der Waals surface area contributed by atoms with Crippen LogP contribution in [0.4, 0.5) is 30.5 Å². The smallest absolute Gasteiger partial charge is 0.257 e. The second-order valence-electron chi connectivity index (χ2n) is 8.65. The van der Waals surface area contributed by atoms with Crippen molar-refractivity contribution in [2.45, 2.75) is 52.1 Å². The van der Waals surface area contributed by atoms with E-state index in [1.165, 1.54) is 4.68 Å². The normalized spacial score (nSPS) is 14.4. The molecule has 180 valence electrons. The first-order valence-electron chi connectivity index (χ1n) is 11.0. The van der Waals surface area contributed by atoms with Gasteiger partial charge >= 0.3 is 0 Å². The van der Waals surface area contributed by atoms with Crippen LogP contribution in [0, 0.1) is 24.1 Å². The van der Waals surface area contributed by atoms with Gasteiger partial charge in [0.25, 0.3) is 12.3 Å². The average molecular weight is 474 g/mol. The molecule has 5 N–H and O–H groups in total. The van der Waals surface area contributed by atoms with Crippen molar-refractivity contribution in [2.75, 3.05) is 10.6 Å². The van der Waals surface area contributed by atoms with Crippen molar-refractivity contribution in [3.05, 3.63) is 41.3 Å². The molecule has 34 heavy (non-hydrogen) atoms. The largest absolute Gasteiger partial charge is 0.365 e. The van der Waals surface area contributed by atoms with Crippen molar-refractivity contribution in [3.63, 3.8) is 0 Å². The van der Waals surface area contributed by atoms with Crippen LogP contribution in [-0.4, -0.2) is 38.9 Å². The Balaban J connectivity index is 1.68. The first kappa shape index (κ1) is 23.5. The first-order valence-corrected chi connectivity index (χ1v) is 11.0. The van der Waals surface area contributed by atoms with Crippen LogP contribution >= 0.6 is 0 Å². The van der Waals surface area contributed by atoms with E-state index in [-0.39, 0.29) is 23.2 Å². The molecular formula is C23H26F3N7O. The zero-order valence-electron chi connectivity index (χ0n) is 18.8. The molecule has 11 heteroatoms. The molecule has 3 aromatic rings. The minimum absolute atomic E-state index is 0.0141. The Morgan fingerprint density at radius 1 is 1.29 bits per heavy atom. The van der Waals surface area contributed by atoms with Gasteiger partial charge in [-0.15, -0.1) is 0 Å². The highest BCUT2D eigenvalue weighted by molar-refractivity contribution is 5.99. The molecule has 0 radical (unpaired) electrons. The number of halogens is 3. The number of carbonyl (C=O) groups is 1. The van der Waals surface area contributed by atoms with Crippen molar-refractivity contribution in [3.8, 4) is 0 Å². The van der Waals surface area contributed by atoms with E-state index in [2.05, 4.69) is 20.7 Å². The molecule has 1 atom stereocenters. The maximum Gasteiger partial charge on any atom is 0.257 e. The van der Waals surface area contributed by atoms with E-state index < -0.39 is 24.7 Å². The third-order valence-electron chi connectivity index (χ3n) is 5.85. The van der Waals surface area contributed by atoms with E-state index in [9.17, 15) is 18.0 Å². The van der Waals surface area contributed by atoms with Gasteiger partial charge in [0.2, 0.25) is 0 Å². The second kappa shape index (κ2) is 9.32. The van der Waals surface area contributed by atoms with Crippen molar-refractivity contribution >= 4 is 39.8 Å². The van der Waals surface area contributed by atoms with Crippen LogP contribution in [-0.2, 0) is 6.54 Å². The van der Waals surface area contributed by atoms with Gasteiger partial charge in [-0.2, -0.15) is 5.10 Å². The van der Waals surface area contributed by atoms with Crippen LogP contribution in [0.25, 0.3) is 10.9 Å². The van der Waals surface area contributed by atoms with Gasteiger partial charge in [-0.3, -0.25) is 9.48 Å². The zero-order valence-corrected chi connectivity index (χ0v) is 18.8. The molecule has 1 amide bonds. The summed E-state index contributed by atoms with van der Waals surface area (Å²) in [5.74, 6) is -1.23. The predicted molar refractivity (Wildman–Crippen MR) is 125 cm³/mol. The number of pyridine rings is 1. The number of nitrogens with zero attached hydrogens (tertiary/aromatic N) is 3. The van der Waals surface area contributed by atoms with Gasteiger partial charge in [0, 0.05) is 16.8 Å². The molecule has 1 fully saturated rings. The molecule has 1 aromatic carbocycles. The fraction of sp³-hybridized carbons (Fsp3) is 0.391. The van der Waals surface area contributed by atoms with Gasteiger partial charge in [-0.25, -0.2) is 18.2 Å². The summed E-state index contributed by atoms with van der Waals surface area (Å²) in [6.45, 7) is 2.81. The number of primary amides is 1. The highest BCUT2D eigenvalue weighted by atomic mass is 19.3. The van der Waals surface area contributed by atoms with Crippen LogP contribution in [0.2, 0.25) is 0 Å². The van der Waals surface area contributed by atoms with Gasteiger partial charge in [0.05, 0.1) is 22.8 Å². The summed E-state index contributed by atoms with van der Waals surface area (Å²) in [4.78, 5) is 16.2. The minimum atomic E-state index is -2.58. The molecular weight excluding hydrogens is 447 g/mol. The lowest BCUT2D eigenvalue weighted by Gasteiger charge is -2.20. The van der Waals surface area contributed by atoms with Crippen LogP contribution in [0.1, 0.15) is 42.2 Å². The number of amides is 1. The number of carbonyl (C=O) groups excluding carboxylic acids is 1. The summed E-state index contributed by atoms with van der Waals surface area (Å²) in [6, 6.07) is 5.63. The molecule has 0 aliphatic heterocycles. The Labute approximate surface area is 194 Å². The number of hydrogen-bond acceptors (Lipinski definition) is 6. The zero-order chi connectivity index (χ0) is 24.6. The van der Waals surface area contributed by atoms with Gasteiger partial charge < -0.3 is 21.8 Å². The quantitative estimate of drug-likeness (QED) is 0.321. The number of anilines is 3. The number of nitrogens with one attached hydrogen (secondary N) is 3. The molecule has 0 saturated heterocycles. The lowest BCUT2D eigenvalue weighted by atomic mass is 10.1. The first-order chi connectivity index (χ1) is 16.1. The number of benzene rings is 1. The maximum absolute atomic E-state index is 14.8. The summed E-state index contributed by atoms with van der Waals surface area (Å²) < 4.78 is 42.0. The Morgan fingerprint density at radius 3 is 2.65 bits per heavy atom. The number of alkyl halides is 2. The average Bonchev–Trinajstić information content (AvgIpc) is 3.53. The lowest BCUT2D eigenvalue weighted by molar-refractivity contribution is 0.1000. The number of hydrogen-bond donors (Lipinski definition) is 4. The minimum Gasteiger partial charge on any atom is -0.365 e. The van der Waals surface area contributed by atoms with Gasteiger partial charge in [0.15, 0.2) is 11.6 Å². The Morgan fingerprint density at radius 2 is 2.03 bits per heavy atom. The summed E-state index contributed by atoms with van der Waals surface area (Å²) in [7, 11) is 0. The Hall–Kier alpha value is -3.63. The van der Waals surface area contributed by atoms with Crippen LogP contribution in [0.15, 0.2) is 24.3 Å². The number of nitrogens with two attached hydrogens (primary N) is 1. The molecule has 1 aliphatic carbocycles. The van der Waals surface area contributed by atoms with E-state index in [1.807, 2.05) is 0 Å². The molecule has 0 bridgehead atoms. The highest BCUT2D eigenvalue weighted by Crippen LogP contribution is 2.35. The van der Waals surface area contributed by atoms with E-state index >= 15 is 0 Å². The number of aryl methyl sites for hydroxylation is 1. The van der Waals surface area contributed by atoms with Crippen molar-refractivity contribution in [2.24, 2.45) is 11.7 Å². The molecule has 1 aliphatic rings. The van der Waals surface area contributed by atoms with Gasteiger partial charge in [-0.1, -0.05) is 12.8 Å². The van der Waals surface area contributed by atoms with Crippen LogP contribution < -0.4 is 16.4 Å². The van der Waals surface area contributed by atoms with Gasteiger partial charge in [-0.05, 0) is 50.5 Å². The predicted octanol–water partition coefficient (Wildman–Crippen LogP) is 4.61. The van der Waals surface area contributed by atoms with E-state index in [0.717, 1.165) is 18.9 Å². The molecule has 0 unspecified atom stereocenters. The van der Waals surface area contributed by atoms with E-state index in [1.54, 1.807) is 32.0 Å². The summed E-state index contributed by atoms with van der Waals surface area (Å²) in [5, 5.41) is 18.8. The summed E-state index contributed by atoms with van der Waals surface area (Å²) >= 11 is 0. The fourth-order valence-corrected chi connectivity index (χ4v) is 3.89.